The highest BCUT2D eigenvalue weighted by molar-refractivity contribution is 6.12. The third-order valence-electron chi connectivity index (χ3n) is 2.95. The second-order valence-corrected chi connectivity index (χ2v) is 4.46. The van der Waals surface area contributed by atoms with Crippen molar-refractivity contribution in [2.75, 3.05) is 18.5 Å². The number of hydrogen-bond acceptors (Lipinski definition) is 4. The minimum absolute atomic E-state index is 0.0767. The maximum Gasteiger partial charge on any atom is 0.195 e. The number of para-hydroxylation sites is 1. The van der Waals surface area contributed by atoms with Crippen LogP contribution in [0.4, 0.5) is 5.69 Å². The van der Waals surface area contributed by atoms with Crippen molar-refractivity contribution in [3.05, 3.63) is 65.7 Å². The van der Waals surface area contributed by atoms with Crippen LogP contribution in [0.3, 0.4) is 0 Å². The lowest BCUT2D eigenvalue weighted by Gasteiger charge is -2.13. The fourth-order valence-electron chi connectivity index (χ4n) is 1.87. The summed E-state index contributed by atoms with van der Waals surface area (Å²) in [5.41, 5.74) is 1.81. The van der Waals surface area contributed by atoms with E-state index < -0.39 is 6.10 Å². The van der Waals surface area contributed by atoms with Crippen LogP contribution < -0.4 is 5.32 Å². The fraction of sp³-hybridized carbons (Fsp3) is 0.188. The number of anilines is 1. The summed E-state index contributed by atoms with van der Waals surface area (Å²) in [7, 11) is 0. The largest absolute Gasteiger partial charge is 0.394 e. The number of benzene rings is 2. The molecule has 0 aromatic heterocycles. The lowest BCUT2D eigenvalue weighted by molar-refractivity contribution is 0.103. The van der Waals surface area contributed by atoms with Gasteiger partial charge in [-0.25, -0.2) is 0 Å². The Morgan fingerprint density at radius 2 is 1.70 bits per heavy atom. The summed E-state index contributed by atoms with van der Waals surface area (Å²) >= 11 is 0. The summed E-state index contributed by atoms with van der Waals surface area (Å²) in [6.07, 6.45) is -0.852. The predicted molar refractivity (Wildman–Crippen MR) is 77.9 cm³/mol. The molecule has 4 nitrogen and oxygen atoms in total. The number of nitrogens with one attached hydrogen (secondary N) is 1. The molecule has 4 heteroatoms. The Kier molecular flexibility index (Phi) is 4.87. The van der Waals surface area contributed by atoms with Crippen LogP contribution in [-0.4, -0.2) is 35.3 Å². The molecule has 0 saturated heterocycles. The first-order valence-electron chi connectivity index (χ1n) is 6.44. The molecule has 20 heavy (non-hydrogen) atoms. The van der Waals surface area contributed by atoms with E-state index in [9.17, 15) is 9.90 Å². The van der Waals surface area contributed by atoms with Gasteiger partial charge in [0.1, 0.15) is 0 Å². The quantitative estimate of drug-likeness (QED) is 0.699. The number of carbonyl (C=O) groups is 1. The number of ketones is 1. The first-order valence-corrected chi connectivity index (χ1v) is 6.44. The Morgan fingerprint density at radius 3 is 2.40 bits per heavy atom. The molecule has 1 unspecified atom stereocenters. The Hall–Kier alpha value is -2.17. The molecule has 0 aliphatic carbocycles. The van der Waals surface area contributed by atoms with Crippen molar-refractivity contribution < 1.29 is 15.0 Å². The van der Waals surface area contributed by atoms with Crippen LogP contribution in [0.5, 0.6) is 0 Å². The van der Waals surface area contributed by atoms with Gasteiger partial charge in [-0.05, 0) is 12.1 Å². The van der Waals surface area contributed by atoms with Gasteiger partial charge in [-0.1, -0.05) is 42.5 Å². The van der Waals surface area contributed by atoms with Crippen molar-refractivity contribution in [3.63, 3.8) is 0 Å². The van der Waals surface area contributed by atoms with Crippen LogP contribution in [-0.2, 0) is 0 Å². The number of hydrogen-bond donors (Lipinski definition) is 3. The SMILES string of the molecule is O=C(c1ccccc1)c1ccccc1NCC(O)CO. The van der Waals surface area contributed by atoms with E-state index in [-0.39, 0.29) is 18.9 Å². The Labute approximate surface area is 117 Å². The van der Waals surface area contributed by atoms with E-state index in [1.165, 1.54) is 0 Å². The highest BCUT2D eigenvalue weighted by atomic mass is 16.3. The monoisotopic (exact) mass is 271 g/mol. The van der Waals surface area contributed by atoms with Gasteiger partial charge in [0, 0.05) is 23.4 Å². The second-order valence-electron chi connectivity index (χ2n) is 4.46. The zero-order chi connectivity index (χ0) is 14.4. The van der Waals surface area contributed by atoms with Gasteiger partial charge in [0.25, 0.3) is 0 Å². The maximum atomic E-state index is 12.4. The molecular weight excluding hydrogens is 254 g/mol. The van der Waals surface area contributed by atoms with Gasteiger partial charge in [-0.3, -0.25) is 4.79 Å². The average Bonchev–Trinajstić information content (AvgIpc) is 2.53. The van der Waals surface area contributed by atoms with Crippen LogP contribution in [0.2, 0.25) is 0 Å². The highest BCUT2D eigenvalue weighted by Crippen LogP contribution is 2.19. The first-order chi connectivity index (χ1) is 9.72. The van der Waals surface area contributed by atoms with E-state index in [1.54, 1.807) is 30.3 Å². The number of carbonyl (C=O) groups excluding carboxylic acids is 1. The molecule has 0 spiro atoms. The van der Waals surface area contributed by atoms with Gasteiger partial charge >= 0.3 is 0 Å². The van der Waals surface area contributed by atoms with Crippen molar-refractivity contribution in [2.24, 2.45) is 0 Å². The normalized spacial score (nSPS) is 11.9. The van der Waals surface area contributed by atoms with E-state index in [2.05, 4.69) is 5.32 Å². The smallest absolute Gasteiger partial charge is 0.195 e. The van der Waals surface area contributed by atoms with Crippen LogP contribution in [0.1, 0.15) is 15.9 Å². The third-order valence-corrected chi connectivity index (χ3v) is 2.95. The molecular formula is C16H17NO3. The van der Waals surface area contributed by atoms with Gasteiger partial charge in [0.05, 0.1) is 12.7 Å². The summed E-state index contributed by atoms with van der Waals surface area (Å²) in [6.45, 7) is -0.128. The van der Waals surface area contributed by atoms with Crippen molar-refractivity contribution in [3.8, 4) is 0 Å². The molecule has 0 fully saturated rings. The van der Waals surface area contributed by atoms with Crippen LogP contribution in [0.15, 0.2) is 54.6 Å². The summed E-state index contributed by atoms with van der Waals surface area (Å²) in [5, 5.41) is 21.2. The van der Waals surface area contributed by atoms with E-state index in [4.69, 9.17) is 5.11 Å². The van der Waals surface area contributed by atoms with E-state index >= 15 is 0 Å². The molecule has 2 aromatic rings. The van der Waals surface area contributed by atoms with E-state index in [0.29, 0.717) is 16.8 Å². The third kappa shape index (κ3) is 3.44. The minimum atomic E-state index is -0.852. The lowest BCUT2D eigenvalue weighted by atomic mass is 10.0. The molecule has 0 aliphatic heterocycles. The highest BCUT2D eigenvalue weighted by Gasteiger charge is 2.13. The number of rotatable bonds is 6. The van der Waals surface area contributed by atoms with Gasteiger partial charge in [0.15, 0.2) is 5.78 Å². The Bertz CT molecular complexity index is 569. The van der Waals surface area contributed by atoms with Crippen molar-refractivity contribution in [1.82, 2.24) is 0 Å². The topological polar surface area (TPSA) is 69.6 Å². The zero-order valence-corrected chi connectivity index (χ0v) is 11.0. The van der Waals surface area contributed by atoms with Gasteiger partial charge < -0.3 is 15.5 Å². The van der Waals surface area contributed by atoms with Gasteiger partial charge in [-0.15, -0.1) is 0 Å². The molecule has 0 bridgehead atoms. The molecule has 0 heterocycles. The second kappa shape index (κ2) is 6.84. The van der Waals surface area contributed by atoms with E-state index in [1.807, 2.05) is 24.3 Å². The maximum absolute atomic E-state index is 12.4. The van der Waals surface area contributed by atoms with Crippen LogP contribution in [0, 0.1) is 0 Å². The molecule has 0 aliphatic rings. The van der Waals surface area contributed by atoms with Crippen LogP contribution in [0.25, 0.3) is 0 Å². The van der Waals surface area contributed by atoms with Crippen LogP contribution >= 0.6 is 0 Å². The van der Waals surface area contributed by atoms with Crippen molar-refractivity contribution >= 4 is 11.5 Å². The van der Waals surface area contributed by atoms with Crippen molar-refractivity contribution in [1.29, 1.82) is 0 Å². The van der Waals surface area contributed by atoms with Gasteiger partial charge in [0.2, 0.25) is 0 Å². The summed E-state index contributed by atoms with van der Waals surface area (Å²) in [4.78, 5) is 12.4. The van der Waals surface area contributed by atoms with Crippen molar-refractivity contribution in [2.45, 2.75) is 6.10 Å². The molecule has 0 radical (unpaired) electrons. The zero-order valence-electron chi connectivity index (χ0n) is 11.0. The Balaban J connectivity index is 2.21. The molecule has 3 N–H and O–H groups in total. The Morgan fingerprint density at radius 1 is 1.05 bits per heavy atom. The molecule has 1 atom stereocenters. The summed E-state index contributed by atoms with van der Waals surface area (Å²) < 4.78 is 0. The molecule has 2 rings (SSSR count). The predicted octanol–water partition coefficient (Wildman–Crippen LogP) is 1.68. The van der Waals surface area contributed by atoms with Gasteiger partial charge in [-0.2, -0.15) is 0 Å². The summed E-state index contributed by atoms with van der Waals surface area (Å²) in [6, 6.07) is 16.2. The average molecular weight is 271 g/mol. The van der Waals surface area contributed by atoms with E-state index in [0.717, 1.165) is 0 Å². The first kappa shape index (κ1) is 14.2. The fourth-order valence-corrected chi connectivity index (χ4v) is 1.87. The number of aliphatic hydroxyl groups excluding tert-OH is 2. The lowest BCUT2D eigenvalue weighted by Crippen LogP contribution is -2.23. The molecule has 0 saturated carbocycles. The molecule has 2 aromatic carbocycles. The molecule has 0 amide bonds. The molecule has 104 valence electrons. The number of aliphatic hydroxyl groups is 2. The standard InChI is InChI=1S/C16H17NO3/c18-11-13(19)10-17-15-9-5-4-8-14(15)16(20)12-6-2-1-3-7-12/h1-9,13,17-19H,10-11H2. The minimum Gasteiger partial charge on any atom is -0.394 e. The summed E-state index contributed by atoms with van der Waals surface area (Å²) in [5.74, 6) is -0.0767.